The van der Waals surface area contributed by atoms with Crippen molar-refractivity contribution in [1.82, 2.24) is 0 Å². The SMILES string of the molecule is Cc1ccc(C(C)C)c(Oc2c(Cl)cccc2CBr)c1. The Morgan fingerprint density at radius 1 is 1.20 bits per heavy atom. The lowest BCUT2D eigenvalue weighted by molar-refractivity contribution is 0.469. The van der Waals surface area contributed by atoms with E-state index < -0.39 is 0 Å². The van der Waals surface area contributed by atoms with Crippen LogP contribution in [0.25, 0.3) is 0 Å². The van der Waals surface area contributed by atoms with Gasteiger partial charge in [-0.05, 0) is 36.1 Å². The lowest BCUT2D eigenvalue weighted by Gasteiger charge is -2.17. The van der Waals surface area contributed by atoms with Gasteiger partial charge in [-0.25, -0.2) is 0 Å². The first kappa shape index (κ1) is 15.4. The Hall–Kier alpha value is -0.990. The Morgan fingerprint density at radius 3 is 2.60 bits per heavy atom. The highest BCUT2D eigenvalue weighted by Crippen LogP contribution is 2.37. The normalized spacial score (nSPS) is 10.9. The van der Waals surface area contributed by atoms with Crippen molar-refractivity contribution < 1.29 is 4.74 Å². The van der Waals surface area contributed by atoms with E-state index in [4.69, 9.17) is 16.3 Å². The van der Waals surface area contributed by atoms with Crippen LogP contribution in [-0.4, -0.2) is 0 Å². The van der Waals surface area contributed by atoms with E-state index in [1.807, 2.05) is 18.2 Å². The molecule has 0 fully saturated rings. The number of hydrogen-bond acceptors (Lipinski definition) is 1. The minimum atomic E-state index is 0.403. The van der Waals surface area contributed by atoms with Gasteiger partial charge in [-0.2, -0.15) is 0 Å². The standard InChI is InChI=1S/C17H18BrClO/c1-11(2)14-8-7-12(3)9-16(14)20-17-13(10-18)5-4-6-15(17)19/h4-9,11H,10H2,1-3H3. The highest BCUT2D eigenvalue weighted by Gasteiger charge is 2.13. The van der Waals surface area contributed by atoms with E-state index in [1.54, 1.807) is 0 Å². The van der Waals surface area contributed by atoms with Gasteiger partial charge in [0.2, 0.25) is 0 Å². The average molecular weight is 354 g/mol. The van der Waals surface area contributed by atoms with Crippen molar-refractivity contribution in [2.45, 2.75) is 32.0 Å². The number of rotatable bonds is 4. The maximum Gasteiger partial charge on any atom is 0.150 e. The van der Waals surface area contributed by atoms with Crippen LogP contribution in [0.1, 0.15) is 36.5 Å². The molecule has 0 unspecified atom stereocenters. The second-order valence-electron chi connectivity index (χ2n) is 5.16. The van der Waals surface area contributed by atoms with Crippen LogP contribution >= 0.6 is 27.5 Å². The van der Waals surface area contributed by atoms with Gasteiger partial charge in [0.05, 0.1) is 5.02 Å². The molecule has 1 nitrogen and oxygen atoms in total. The molecule has 0 amide bonds. The van der Waals surface area contributed by atoms with E-state index in [9.17, 15) is 0 Å². The summed E-state index contributed by atoms with van der Waals surface area (Å²) in [4.78, 5) is 0. The van der Waals surface area contributed by atoms with Crippen LogP contribution in [-0.2, 0) is 5.33 Å². The third-order valence-corrected chi connectivity index (χ3v) is 4.10. The molecule has 0 spiro atoms. The molecule has 0 saturated carbocycles. The lowest BCUT2D eigenvalue weighted by Crippen LogP contribution is -1.97. The van der Waals surface area contributed by atoms with E-state index in [1.165, 1.54) is 11.1 Å². The molecule has 0 heterocycles. The average Bonchev–Trinajstić information content (AvgIpc) is 2.40. The molecule has 0 aliphatic rings. The van der Waals surface area contributed by atoms with Crippen molar-refractivity contribution in [3.05, 3.63) is 58.1 Å². The number of alkyl halides is 1. The number of para-hydroxylation sites is 1. The van der Waals surface area contributed by atoms with Crippen molar-refractivity contribution in [1.29, 1.82) is 0 Å². The summed E-state index contributed by atoms with van der Waals surface area (Å²) >= 11 is 9.76. The van der Waals surface area contributed by atoms with E-state index >= 15 is 0 Å². The first-order valence-corrected chi connectivity index (χ1v) is 8.14. The smallest absolute Gasteiger partial charge is 0.150 e. The minimum Gasteiger partial charge on any atom is -0.455 e. The molecule has 20 heavy (non-hydrogen) atoms. The number of benzene rings is 2. The number of hydrogen-bond donors (Lipinski definition) is 0. The van der Waals surface area contributed by atoms with Gasteiger partial charge in [0.15, 0.2) is 0 Å². The molecule has 0 saturated heterocycles. The van der Waals surface area contributed by atoms with Crippen LogP contribution < -0.4 is 4.74 Å². The molecular formula is C17H18BrClO. The Bertz CT molecular complexity index is 608. The molecule has 2 aromatic rings. The summed E-state index contributed by atoms with van der Waals surface area (Å²) in [6, 6.07) is 12.1. The van der Waals surface area contributed by atoms with Crippen molar-refractivity contribution >= 4 is 27.5 Å². The molecule has 0 atom stereocenters. The summed E-state index contributed by atoms with van der Waals surface area (Å²) in [7, 11) is 0. The molecule has 0 radical (unpaired) electrons. The first-order chi connectivity index (χ1) is 9.52. The van der Waals surface area contributed by atoms with Crippen LogP contribution in [0.5, 0.6) is 11.5 Å². The zero-order chi connectivity index (χ0) is 14.7. The fraction of sp³-hybridized carbons (Fsp3) is 0.294. The molecule has 0 aromatic heterocycles. The highest BCUT2D eigenvalue weighted by molar-refractivity contribution is 9.08. The monoisotopic (exact) mass is 352 g/mol. The molecule has 0 aliphatic carbocycles. The maximum absolute atomic E-state index is 6.28. The second kappa shape index (κ2) is 6.64. The van der Waals surface area contributed by atoms with E-state index in [0.717, 1.165) is 17.1 Å². The Kier molecular flexibility index (Phi) is 5.11. The zero-order valence-electron chi connectivity index (χ0n) is 11.9. The summed E-state index contributed by atoms with van der Waals surface area (Å²) in [6.45, 7) is 6.39. The summed E-state index contributed by atoms with van der Waals surface area (Å²) < 4.78 is 6.14. The lowest BCUT2D eigenvalue weighted by atomic mass is 10.0. The van der Waals surface area contributed by atoms with Gasteiger partial charge < -0.3 is 4.74 Å². The third kappa shape index (κ3) is 3.36. The predicted molar refractivity (Wildman–Crippen MR) is 89.4 cm³/mol. The largest absolute Gasteiger partial charge is 0.455 e. The molecule has 0 aliphatic heterocycles. The minimum absolute atomic E-state index is 0.403. The van der Waals surface area contributed by atoms with Gasteiger partial charge >= 0.3 is 0 Å². The predicted octanol–water partition coefficient (Wildman–Crippen LogP) is 6.46. The van der Waals surface area contributed by atoms with Gasteiger partial charge in [0.1, 0.15) is 11.5 Å². The third-order valence-electron chi connectivity index (χ3n) is 3.20. The fourth-order valence-corrected chi connectivity index (χ4v) is 2.76. The molecule has 2 aromatic carbocycles. The topological polar surface area (TPSA) is 9.23 Å². The number of ether oxygens (including phenoxy) is 1. The summed E-state index contributed by atoms with van der Waals surface area (Å²) in [5, 5.41) is 1.35. The van der Waals surface area contributed by atoms with Gasteiger partial charge in [-0.1, -0.05) is 65.6 Å². The summed E-state index contributed by atoms with van der Waals surface area (Å²) in [5.74, 6) is 2.02. The quantitative estimate of drug-likeness (QED) is 0.573. The van der Waals surface area contributed by atoms with Crippen LogP contribution in [0.2, 0.25) is 5.02 Å². The van der Waals surface area contributed by atoms with Crippen LogP contribution in [0, 0.1) is 6.92 Å². The van der Waals surface area contributed by atoms with E-state index in [2.05, 4.69) is 54.9 Å². The second-order valence-corrected chi connectivity index (χ2v) is 6.13. The van der Waals surface area contributed by atoms with Gasteiger partial charge in [-0.3, -0.25) is 0 Å². The van der Waals surface area contributed by atoms with Crippen LogP contribution in [0.15, 0.2) is 36.4 Å². The molecule has 2 rings (SSSR count). The highest BCUT2D eigenvalue weighted by atomic mass is 79.9. The maximum atomic E-state index is 6.28. The number of aryl methyl sites for hydroxylation is 1. The summed E-state index contributed by atoms with van der Waals surface area (Å²) in [5.41, 5.74) is 3.42. The fourth-order valence-electron chi connectivity index (χ4n) is 2.09. The van der Waals surface area contributed by atoms with Gasteiger partial charge in [0.25, 0.3) is 0 Å². The zero-order valence-corrected chi connectivity index (χ0v) is 14.3. The molecule has 106 valence electrons. The van der Waals surface area contributed by atoms with Crippen molar-refractivity contribution in [3.8, 4) is 11.5 Å². The molecule has 3 heteroatoms. The molecular weight excluding hydrogens is 336 g/mol. The molecule has 0 N–H and O–H groups in total. The Balaban J connectivity index is 2.47. The van der Waals surface area contributed by atoms with E-state index in [0.29, 0.717) is 16.3 Å². The Morgan fingerprint density at radius 2 is 1.95 bits per heavy atom. The van der Waals surface area contributed by atoms with Crippen molar-refractivity contribution in [2.24, 2.45) is 0 Å². The van der Waals surface area contributed by atoms with Crippen LogP contribution in [0.4, 0.5) is 0 Å². The van der Waals surface area contributed by atoms with Gasteiger partial charge in [0, 0.05) is 10.9 Å². The molecule has 0 bridgehead atoms. The van der Waals surface area contributed by atoms with Crippen molar-refractivity contribution in [2.75, 3.05) is 0 Å². The van der Waals surface area contributed by atoms with Gasteiger partial charge in [-0.15, -0.1) is 0 Å². The van der Waals surface area contributed by atoms with E-state index in [-0.39, 0.29) is 0 Å². The first-order valence-electron chi connectivity index (χ1n) is 6.64. The van der Waals surface area contributed by atoms with Crippen LogP contribution in [0.3, 0.4) is 0 Å². The summed E-state index contributed by atoms with van der Waals surface area (Å²) in [6.07, 6.45) is 0. The van der Waals surface area contributed by atoms with Crippen molar-refractivity contribution in [3.63, 3.8) is 0 Å². The Labute approximate surface area is 134 Å². The number of halogens is 2.